The third kappa shape index (κ3) is 5.37. The van der Waals surface area contributed by atoms with Crippen LogP contribution in [-0.2, 0) is 6.54 Å². The summed E-state index contributed by atoms with van der Waals surface area (Å²) >= 11 is 1.82. The van der Waals surface area contributed by atoms with Crippen molar-refractivity contribution in [1.29, 1.82) is 0 Å². The summed E-state index contributed by atoms with van der Waals surface area (Å²) in [6.45, 7) is 3.01. The molecular formula is C18H25IN4S. The average molecular weight is 456 g/mol. The fourth-order valence-corrected chi connectivity index (χ4v) is 3.65. The first-order valence-electron chi connectivity index (χ1n) is 8.15. The molecule has 3 rings (SSSR count). The Morgan fingerprint density at radius 2 is 1.92 bits per heavy atom. The fraction of sp³-hybridized carbons (Fsp3) is 0.389. The van der Waals surface area contributed by atoms with Crippen molar-refractivity contribution in [1.82, 2.24) is 10.6 Å². The molecule has 1 fully saturated rings. The minimum absolute atomic E-state index is 0. The number of anilines is 1. The molecule has 0 spiro atoms. The third-order valence-electron chi connectivity index (χ3n) is 4.18. The number of halogens is 1. The van der Waals surface area contributed by atoms with Gasteiger partial charge in [-0.1, -0.05) is 30.3 Å². The number of nitrogens with one attached hydrogen (secondary N) is 2. The van der Waals surface area contributed by atoms with E-state index < -0.39 is 0 Å². The summed E-state index contributed by atoms with van der Waals surface area (Å²) in [4.78, 5) is 6.82. The Hall–Kier alpha value is -1.28. The molecule has 4 nitrogen and oxygen atoms in total. The molecular weight excluding hydrogens is 431 g/mol. The Bertz CT molecular complexity index is 607. The summed E-state index contributed by atoms with van der Waals surface area (Å²) in [5.74, 6) is 0.892. The van der Waals surface area contributed by atoms with Crippen molar-refractivity contribution in [2.45, 2.75) is 25.4 Å². The van der Waals surface area contributed by atoms with Crippen LogP contribution in [0.2, 0.25) is 0 Å². The van der Waals surface area contributed by atoms with Gasteiger partial charge in [0, 0.05) is 32.7 Å². The number of hydrogen-bond donors (Lipinski definition) is 2. The highest BCUT2D eigenvalue weighted by Gasteiger charge is 2.20. The van der Waals surface area contributed by atoms with E-state index in [1.54, 1.807) is 0 Å². The topological polar surface area (TPSA) is 39.7 Å². The van der Waals surface area contributed by atoms with E-state index in [4.69, 9.17) is 0 Å². The molecule has 0 atom stereocenters. The zero-order valence-corrected chi connectivity index (χ0v) is 17.1. The maximum absolute atomic E-state index is 4.35. The van der Waals surface area contributed by atoms with Crippen molar-refractivity contribution in [2.75, 3.05) is 25.0 Å². The Kier molecular flexibility index (Phi) is 7.84. The third-order valence-corrected chi connectivity index (χ3v) is 5.11. The molecule has 0 aliphatic carbocycles. The number of hydrogen-bond acceptors (Lipinski definition) is 3. The number of rotatable bonds is 4. The lowest BCUT2D eigenvalue weighted by molar-refractivity contribution is 0.463. The van der Waals surface area contributed by atoms with E-state index in [9.17, 15) is 0 Å². The highest BCUT2D eigenvalue weighted by molar-refractivity contribution is 14.0. The van der Waals surface area contributed by atoms with Crippen LogP contribution in [0.1, 0.15) is 18.4 Å². The van der Waals surface area contributed by atoms with Gasteiger partial charge in [0.05, 0.1) is 5.00 Å². The molecule has 1 aliphatic rings. The summed E-state index contributed by atoms with van der Waals surface area (Å²) < 4.78 is 0. The maximum Gasteiger partial charge on any atom is 0.191 e. The molecule has 0 amide bonds. The standard InChI is InChI=1S/C18H24N4S.HI/c1-19-18(20-14-15-6-3-2-4-7-15)21-16-9-11-22(12-10-16)17-8-5-13-23-17;/h2-8,13,16H,9-12,14H2,1H3,(H2,19,20,21);1H. The molecule has 24 heavy (non-hydrogen) atoms. The predicted octanol–water partition coefficient (Wildman–Crippen LogP) is 3.70. The zero-order chi connectivity index (χ0) is 15.9. The number of thiophene rings is 1. The molecule has 2 heterocycles. The van der Waals surface area contributed by atoms with Gasteiger partial charge in [-0.3, -0.25) is 4.99 Å². The number of piperidine rings is 1. The minimum atomic E-state index is 0. The molecule has 0 bridgehead atoms. The van der Waals surface area contributed by atoms with Crippen molar-refractivity contribution >= 4 is 46.3 Å². The second-order valence-corrected chi connectivity index (χ2v) is 6.69. The molecule has 130 valence electrons. The molecule has 2 aromatic rings. The first-order valence-corrected chi connectivity index (χ1v) is 9.02. The van der Waals surface area contributed by atoms with Gasteiger partial charge < -0.3 is 15.5 Å². The van der Waals surface area contributed by atoms with E-state index >= 15 is 0 Å². The number of guanidine groups is 1. The molecule has 1 aromatic carbocycles. The van der Waals surface area contributed by atoms with Gasteiger partial charge in [-0.2, -0.15) is 0 Å². The van der Waals surface area contributed by atoms with E-state index in [1.165, 1.54) is 10.6 Å². The molecule has 0 unspecified atom stereocenters. The second-order valence-electron chi connectivity index (χ2n) is 5.77. The Balaban J connectivity index is 0.00000208. The van der Waals surface area contributed by atoms with Crippen molar-refractivity contribution in [2.24, 2.45) is 4.99 Å². The van der Waals surface area contributed by atoms with Crippen LogP contribution in [0.5, 0.6) is 0 Å². The van der Waals surface area contributed by atoms with Crippen LogP contribution < -0.4 is 15.5 Å². The zero-order valence-electron chi connectivity index (χ0n) is 13.9. The number of benzene rings is 1. The highest BCUT2D eigenvalue weighted by atomic mass is 127. The predicted molar refractivity (Wildman–Crippen MR) is 115 cm³/mol. The number of aliphatic imine (C=N–C) groups is 1. The summed E-state index contributed by atoms with van der Waals surface area (Å²) in [5, 5.41) is 10.5. The van der Waals surface area contributed by atoms with Crippen molar-refractivity contribution in [3.63, 3.8) is 0 Å². The second kappa shape index (κ2) is 9.88. The molecule has 1 aromatic heterocycles. The molecule has 1 saturated heterocycles. The summed E-state index contributed by atoms with van der Waals surface area (Å²) in [6.07, 6.45) is 2.29. The lowest BCUT2D eigenvalue weighted by Crippen LogP contribution is -2.48. The van der Waals surface area contributed by atoms with E-state index in [2.05, 4.69) is 62.3 Å². The normalized spacial score (nSPS) is 15.7. The monoisotopic (exact) mass is 456 g/mol. The molecule has 0 radical (unpaired) electrons. The van der Waals surface area contributed by atoms with E-state index in [1.807, 2.05) is 24.5 Å². The lowest BCUT2D eigenvalue weighted by Gasteiger charge is -2.33. The summed E-state index contributed by atoms with van der Waals surface area (Å²) in [5.41, 5.74) is 1.27. The summed E-state index contributed by atoms with van der Waals surface area (Å²) in [6, 6.07) is 15.2. The molecule has 1 aliphatic heterocycles. The van der Waals surface area contributed by atoms with Gasteiger partial charge in [0.2, 0.25) is 0 Å². The number of nitrogens with zero attached hydrogens (tertiary/aromatic N) is 2. The van der Waals surface area contributed by atoms with Crippen LogP contribution in [0.15, 0.2) is 52.8 Å². The van der Waals surface area contributed by atoms with Crippen molar-refractivity contribution in [3.8, 4) is 0 Å². The Morgan fingerprint density at radius 1 is 1.17 bits per heavy atom. The van der Waals surface area contributed by atoms with Crippen LogP contribution in [0.3, 0.4) is 0 Å². The van der Waals surface area contributed by atoms with Gasteiger partial charge in [-0.25, -0.2) is 0 Å². The van der Waals surface area contributed by atoms with Gasteiger partial charge >= 0.3 is 0 Å². The van der Waals surface area contributed by atoms with E-state index in [0.717, 1.165) is 38.4 Å². The quantitative estimate of drug-likeness (QED) is 0.419. The van der Waals surface area contributed by atoms with E-state index in [-0.39, 0.29) is 24.0 Å². The van der Waals surface area contributed by atoms with Crippen molar-refractivity contribution < 1.29 is 0 Å². The Morgan fingerprint density at radius 3 is 2.54 bits per heavy atom. The van der Waals surface area contributed by atoms with Gasteiger partial charge in [0.1, 0.15) is 0 Å². The van der Waals surface area contributed by atoms with Gasteiger partial charge in [0.15, 0.2) is 5.96 Å². The van der Waals surface area contributed by atoms with Crippen molar-refractivity contribution in [3.05, 3.63) is 53.4 Å². The average Bonchev–Trinajstić information content (AvgIpc) is 3.14. The molecule has 0 saturated carbocycles. The smallest absolute Gasteiger partial charge is 0.191 e. The Labute approximate surface area is 165 Å². The van der Waals surface area contributed by atoms with Crippen LogP contribution in [0.4, 0.5) is 5.00 Å². The maximum atomic E-state index is 4.35. The van der Waals surface area contributed by atoms with Gasteiger partial charge in [0.25, 0.3) is 0 Å². The fourth-order valence-electron chi connectivity index (χ4n) is 2.86. The first kappa shape index (κ1) is 19.1. The van der Waals surface area contributed by atoms with Gasteiger partial charge in [-0.15, -0.1) is 35.3 Å². The lowest BCUT2D eigenvalue weighted by atomic mass is 10.1. The van der Waals surface area contributed by atoms with Gasteiger partial charge in [-0.05, 0) is 35.9 Å². The summed E-state index contributed by atoms with van der Waals surface area (Å²) in [7, 11) is 1.83. The van der Waals surface area contributed by atoms with Crippen LogP contribution in [-0.4, -0.2) is 32.1 Å². The first-order chi connectivity index (χ1) is 11.3. The van der Waals surface area contributed by atoms with Crippen LogP contribution >= 0.6 is 35.3 Å². The van der Waals surface area contributed by atoms with Crippen LogP contribution in [0.25, 0.3) is 0 Å². The molecule has 2 N–H and O–H groups in total. The van der Waals surface area contributed by atoms with Crippen LogP contribution in [0, 0.1) is 0 Å². The largest absolute Gasteiger partial charge is 0.363 e. The van der Waals surface area contributed by atoms with E-state index in [0.29, 0.717) is 6.04 Å². The SMILES string of the molecule is CN=C(NCc1ccccc1)NC1CCN(c2cccs2)CC1.I. The minimum Gasteiger partial charge on any atom is -0.363 e. The highest BCUT2D eigenvalue weighted by Crippen LogP contribution is 2.24. The molecule has 6 heteroatoms.